The van der Waals surface area contributed by atoms with Crippen LogP contribution in [0.3, 0.4) is 0 Å². The number of hydrogen-bond acceptors (Lipinski definition) is 4. The van der Waals surface area contributed by atoms with E-state index in [1.807, 2.05) is 0 Å². The first-order chi connectivity index (χ1) is 10.1. The van der Waals surface area contributed by atoms with Crippen LogP contribution in [0.15, 0.2) is 23.1 Å². The minimum absolute atomic E-state index is 0.159. The van der Waals surface area contributed by atoms with Crippen molar-refractivity contribution in [1.29, 1.82) is 0 Å². The van der Waals surface area contributed by atoms with Crippen LogP contribution in [0, 0.1) is 11.8 Å². The van der Waals surface area contributed by atoms with Gasteiger partial charge in [0, 0.05) is 19.2 Å². The Kier molecular flexibility index (Phi) is 3.11. The summed E-state index contributed by atoms with van der Waals surface area (Å²) in [6.07, 6.45) is 4.60. The summed E-state index contributed by atoms with van der Waals surface area (Å²) in [4.78, 5) is 0.313. The van der Waals surface area contributed by atoms with Crippen molar-refractivity contribution >= 4 is 10.0 Å². The van der Waals surface area contributed by atoms with Gasteiger partial charge in [0.2, 0.25) is 16.8 Å². The summed E-state index contributed by atoms with van der Waals surface area (Å²) in [5.74, 6) is 2.24. The largest absolute Gasteiger partial charge is 0.454 e. The SMILES string of the molecule is O=S(=O)(c1ccc2c(c1)OCO2)N(CC1CC1)CC1CC1. The van der Waals surface area contributed by atoms with Crippen LogP contribution < -0.4 is 9.47 Å². The summed E-state index contributed by atoms with van der Waals surface area (Å²) in [6, 6.07) is 4.89. The summed E-state index contributed by atoms with van der Waals surface area (Å²) in [5.41, 5.74) is 0. The van der Waals surface area contributed by atoms with Gasteiger partial charge in [0.15, 0.2) is 11.5 Å². The lowest BCUT2D eigenvalue weighted by Crippen LogP contribution is -2.34. The molecule has 0 N–H and O–H groups in total. The van der Waals surface area contributed by atoms with Crippen LogP contribution in [-0.2, 0) is 10.0 Å². The van der Waals surface area contributed by atoms with Crippen molar-refractivity contribution in [3.8, 4) is 11.5 Å². The Labute approximate surface area is 124 Å². The highest BCUT2D eigenvalue weighted by Crippen LogP contribution is 2.38. The standard InChI is InChI=1S/C15H19NO4S/c17-21(18,13-5-6-14-15(7-13)20-10-19-14)16(8-11-1-2-11)9-12-3-4-12/h5-7,11-12H,1-4,8-10H2. The van der Waals surface area contributed by atoms with Crippen LogP contribution >= 0.6 is 0 Å². The summed E-state index contributed by atoms with van der Waals surface area (Å²) in [5, 5.41) is 0. The molecule has 0 saturated heterocycles. The number of ether oxygens (including phenoxy) is 2. The highest BCUT2D eigenvalue weighted by molar-refractivity contribution is 7.89. The second kappa shape index (κ2) is 4.88. The lowest BCUT2D eigenvalue weighted by atomic mass is 10.3. The predicted octanol–water partition coefficient (Wildman–Crippen LogP) is 2.23. The molecule has 0 unspecified atom stereocenters. The van der Waals surface area contributed by atoms with Crippen molar-refractivity contribution in [2.45, 2.75) is 30.6 Å². The Morgan fingerprint density at radius 3 is 2.24 bits per heavy atom. The summed E-state index contributed by atoms with van der Waals surface area (Å²) in [7, 11) is -3.44. The maximum Gasteiger partial charge on any atom is 0.243 e. The third kappa shape index (κ3) is 2.74. The molecule has 1 aliphatic heterocycles. The zero-order chi connectivity index (χ0) is 14.4. The maximum absolute atomic E-state index is 12.9. The molecule has 1 aromatic rings. The number of nitrogens with zero attached hydrogens (tertiary/aromatic N) is 1. The minimum Gasteiger partial charge on any atom is -0.454 e. The molecule has 114 valence electrons. The Balaban J connectivity index is 1.62. The highest BCUT2D eigenvalue weighted by Gasteiger charge is 2.36. The molecule has 2 fully saturated rings. The fourth-order valence-electron chi connectivity index (χ4n) is 2.63. The van der Waals surface area contributed by atoms with Gasteiger partial charge in [0.1, 0.15) is 0 Å². The van der Waals surface area contributed by atoms with E-state index in [1.165, 1.54) is 0 Å². The van der Waals surface area contributed by atoms with Crippen LogP contribution in [0.2, 0.25) is 0 Å². The number of sulfonamides is 1. The molecule has 6 heteroatoms. The lowest BCUT2D eigenvalue weighted by Gasteiger charge is -2.22. The van der Waals surface area contributed by atoms with Crippen molar-refractivity contribution in [3.63, 3.8) is 0 Å². The Morgan fingerprint density at radius 1 is 1.00 bits per heavy atom. The molecule has 1 aromatic carbocycles. The summed E-state index contributed by atoms with van der Waals surface area (Å²) < 4.78 is 38.0. The quantitative estimate of drug-likeness (QED) is 0.808. The lowest BCUT2D eigenvalue weighted by molar-refractivity contribution is 0.174. The van der Waals surface area contributed by atoms with E-state index in [9.17, 15) is 8.42 Å². The molecule has 0 atom stereocenters. The molecule has 21 heavy (non-hydrogen) atoms. The molecule has 5 nitrogen and oxygen atoms in total. The average Bonchev–Trinajstić information content (AvgIpc) is 3.38. The fraction of sp³-hybridized carbons (Fsp3) is 0.600. The van der Waals surface area contributed by atoms with E-state index in [-0.39, 0.29) is 6.79 Å². The fourth-order valence-corrected chi connectivity index (χ4v) is 4.24. The van der Waals surface area contributed by atoms with Crippen LogP contribution in [0.1, 0.15) is 25.7 Å². The molecule has 1 heterocycles. The van der Waals surface area contributed by atoms with Crippen LogP contribution in [0.25, 0.3) is 0 Å². The van der Waals surface area contributed by atoms with Gasteiger partial charge in [-0.1, -0.05) is 0 Å². The molecular formula is C15H19NO4S. The van der Waals surface area contributed by atoms with Gasteiger partial charge in [-0.05, 0) is 49.7 Å². The highest BCUT2D eigenvalue weighted by atomic mass is 32.2. The van der Waals surface area contributed by atoms with Gasteiger partial charge in [0.05, 0.1) is 4.90 Å². The predicted molar refractivity (Wildman–Crippen MR) is 76.8 cm³/mol. The van der Waals surface area contributed by atoms with Crippen molar-refractivity contribution in [1.82, 2.24) is 4.31 Å². The number of fused-ring (bicyclic) bond motifs is 1. The van der Waals surface area contributed by atoms with Gasteiger partial charge in [0.25, 0.3) is 0 Å². The normalized spacial score (nSPS) is 21.0. The van der Waals surface area contributed by atoms with E-state index in [1.54, 1.807) is 22.5 Å². The molecule has 3 aliphatic rings. The van der Waals surface area contributed by atoms with Crippen molar-refractivity contribution in [3.05, 3.63) is 18.2 Å². The minimum atomic E-state index is -3.44. The van der Waals surface area contributed by atoms with Gasteiger partial charge in [-0.2, -0.15) is 4.31 Å². The first-order valence-electron chi connectivity index (χ1n) is 7.53. The maximum atomic E-state index is 12.9. The molecule has 2 saturated carbocycles. The summed E-state index contributed by atoms with van der Waals surface area (Å²) >= 11 is 0. The monoisotopic (exact) mass is 309 g/mol. The zero-order valence-corrected chi connectivity index (χ0v) is 12.6. The van der Waals surface area contributed by atoms with Crippen LogP contribution in [0.4, 0.5) is 0 Å². The summed E-state index contributed by atoms with van der Waals surface area (Å²) in [6.45, 7) is 1.48. The second-order valence-electron chi connectivity index (χ2n) is 6.22. The molecule has 0 spiro atoms. The first-order valence-corrected chi connectivity index (χ1v) is 8.97. The Bertz CT molecular complexity index is 636. The topological polar surface area (TPSA) is 55.8 Å². The molecule has 0 bridgehead atoms. The molecule has 2 aliphatic carbocycles. The Morgan fingerprint density at radius 2 is 1.62 bits per heavy atom. The van der Waals surface area contributed by atoms with Gasteiger partial charge in [-0.25, -0.2) is 8.42 Å². The van der Waals surface area contributed by atoms with E-state index in [2.05, 4.69) is 0 Å². The molecule has 0 amide bonds. The van der Waals surface area contributed by atoms with E-state index in [4.69, 9.17) is 9.47 Å². The van der Waals surface area contributed by atoms with Crippen molar-refractivity contribution < 1.29 is 17.9 Å². The zero-order valence-electron chi connectivity index (χ0n) is 11.8. The van der Waals surface area contributed by atoms with E-state index in [0.717, 1.165) is 25.7 Å². The van der Waals surface area contributed by atoms with Gasteiger partial charge in [-0.3, -0.25) is 0 Å². The van der Waals surface area contributed by atoms with E-state index < -0.39 is 10.0 Å². The number of hydrogen-bond donors (Lipinski definition) is 0. The molecule has 0 aromatic heterocycles. The van der Waals surface area contributed by atoms with E-state index >= 15 is 0 Å². The van der Waals surface area contributed by atoms with Crippen LogP contribution in [0.5, 0.6) is 11.5 Å². The van der Waals surface area contributed by atoms with Crippen molar-refractivity contribution in [2.75, 3.05) is 19.9 Å². The first kappa shape index (κ1) is 13.4. The van der Waals surface area contributed by atoms with Crippen LogP contribution in [-0.4, -0.2) is 32.6 Å². The van der Waals surface area contributed by atoms with E-state index in [0.29, 0.717) is 41.3 Å². The second-order valence-corrected chi connectivity index (χ2v) is 8.16. The smallest absolute Gasteiger partial charge is 0.243 e. The van der Waals surface area contributed by atoms with Gasteiger partial charge in [-0.15, -0.1) is 0 Å². The number of rotatable bonds is 6. The molecular weight excluding hydrogens is 290 g/mol. The van der Waals surface area contributed by atoms with Gasteiger partial charge < -0.3 is 9.47 Å². The average molecular weight is 309 g/mol. The van der Waals surface area contributed by atoms with Crippen molar-refractivity contribution in [2.24, 2.45) is 11.8 Å². The third-order valence-electron chi connectivity index (χ3n) is 4.30. The third-order valence-corrected chi connectivity index (χ3v) is 6.13. The molecule has 4 rings (SSSR count). The van der Waals surface area contributed by atoms with Gasteiger partial charge >= 0.3 is 0 Å². The Hall–Kier alpha value is -1.27. The molecule has 0 radical (unpaired) electrons. The number of benzene rings is 1.